The second kappa shape index (κ2) is 5.78. The van der Waals surface area contributed by atoms with E-state index in [-0.39, 0.29) is 18.4 Å². The molecule has 0 aliphatic heterocycles. The Kier molecular flexibility index (Phi) is 4.27. The van der Waals surface area contributed by atoms with E-state index in [1.807, 2.05) is 28.8 Å². The Morgan fingerprint density at radius 2 is 2.00 bits per heavy atom. The lowest BCUT2D eigenvalue weighted by Gasteiger charge is -2.09. The molecule has 3 rings (SSSR count). The molecular formula is C13H13BrClN5. The molecule has 0 spiro atoms. The number of halogens is 2. The summed E-state index contributed by atoms with van der Waals surface area (Å²) in [4.78, 5) is 8.18. The van der Waals surface area contributed by atoms with Gasteiger partial charge in [0, 0.05) is 28.3 Å². The monoisotopic (exact) mass is 353 g/mol. The minimum absolute atomic E-state index is 0. The van der Waals surface area contributed by atoms with Crippen molar-refractivity contribution in [2.75, 3.05) is 5.73 Å². The van der Waals surface area contributed by atoms with Crippen molar-refractivity contribution in [2.45, 2.75) is 6.54 Å². The zero-order valence-electron chi connectivity index (χ0n) is 10.5. The molecule has 2 aromatic heterocycles. The lowest BCUT2D eigenvalue weighted by Crippen LogP contribution is -2.08. The number of hydrogen-bond acceptors (Lipinski definition) is 4. The topological polar surface area (TPSA) is 82.8 Å². The first-order valence-electron chi connectivity index (χ1n) is 5.78. The van der Waals surface area contributed by atoms with Crippen LogP contribution in [0.25, 0.3) is 16.7 Å². The van der Waals surface area contributed by atoms with Crippen LogP contribution in [0.5, 0.6) is 0 Å². The molecule has 3 aromatic rings. The maximum Gasteiger partial charge on any atom is 0.221 e. The van der Waals surface area contributed by atoms with Crippen molar-refractivity contribution in [3.63, 3.8) is 0 Å². The van der Waals surface area contributed by atoms with Crippen LogP contribution in [0.2, 0.25) is 0 Å². The van der Waals surface area contributed by atoms with Gasteiger partial charge in [-0.25, -0.2) is 4.98 Å². The first kappa shape index (κ1) is 14.8. The van der Waals surface area contributed by atoms with Crippen molar-refractivity contribution in [3.05, 3.63) is 46.7 Å². The van der Waals surface area contributed by atoms with Crippen LogP contribution in [0, 0.1) is 0 Å². The van der Waals surface area contributed by atoms with Gasteiger partial charge in [0.2, 0.25) is 5.95 Å². The molecule has 0 amide bonds. The van der Waals surface area contributed by atoms with Crippen molar-refractivity contribution in [1.29, 1.82) is 0 Å². The summed E-state index contributed by atoms with van der Waals surface area (Å²) >= 11 is 3.48. The summed E-state index contributed by atoms with van der Waals surface area (Å²) in [6.07, 6.45) is 1.64. The smallest absolute Gasteiger partial charge is 0.221 e. The number of fused-ring (bicyclic) bond motifs is 1. The highest BCUT2D eigenvalue weighted by atomic mass is 79.9. The van der Waals surface area contributed by atoms with Gasteiger partial charge >= 0.3 is 0 Å². The Hall–Kier alpha value is -1.63. The third-order valence-corrected chi connectivity index (χ3v) is 3.43. The molecule has 5 nitrogen and oxygen atoms in total. The normalized spacial score (nSPS) is 10.5. The van der Waals surface area contributed by atoms with Gasteiger partial charge in [0.15, 0.2) is 0 Å². The van der Waals surface area contributed by atoms with Crippen LogP contribution in [-0.4, -0.2) is 14.5 Å². The molecule has 0 fully saturated rings. The van der Waals surface area contributed by atoms with E-state index in [0.29, 0.717) is 6.54 Å². The highest BCUT2D eigenvalue weighted by molar-refractivity contribution is 9.10. The SMILES string of the molecule is Cl.NCc1cc2ccc(Br)cc2n1-c1ccnc(N)n1. The zero-order chi connectivity index (χ0) is 13.4. The third-order valence-electron chi connectivity index (χ3n) is 2.94. The minimum atomic E-state index is 0. The van der Waals surface area contributed by atoms with Gasteiger partial charge in [-0.1, -0.05) is 22.0 Å². The van der Waals surface area contributed by atoms with E-state index in [0.717, 1.165) is 26.9 Å². The number of rotatable bonds is 2. The Bertz CT molecular complexity index is 756. The first-order chi connectivity index (χ1) is 9.19. The Morgan fingerprint density at radius 1 is 1.20 bits per heavy atom. The van der Waals surface area contributed by atoms with Gasteiger partial charge in [-0.05, 0) is 24.3 Å². The Balaban J connectivity index is 0.00000147. The molecule has 104 valence electrons. The van der Waals surface area contributed by atoms with E-state index in [1.54, 1.807) is 6.20 Å². The van der Waals surface area contributed by atoms with E-state index in [9.17, 15) is 0 Å². The van der Waals surface area contributed by atoms with Gasteiger partial charge in [0.1, 0.15) is 5.82 Å². The second-order valence-corrected chi connectivity index (χ2v) is 5.07. The maximum absolute atomic E-state index is 5.82. The zero-order valence-corrected chi connectivity index (χ0v) is 12.9. The number of nitrogen functional groups attached to an aromatic ring is 1. The van der Waals surface area contributed by atoms with Crippen LogP contribution in [0.15, 0.2) is 41.0 Å². The standard InChI is InChI=1S/C13H12BrN5.ClH/c14-9-2-1-8-5-10(7-15)19(11(8)6-9)12-3-4-17-13(16)18-12;/h1-6H,7,15H2,(H2,16,17,18);1H. The van der Waals surface area contributed by atoms with Crippen molar-refractivity contribution in [1.82, 2.24) is 14.5 Å². The fraction of sp³-hybridized carbons (Fsp3) is 0.0769. The highest BCUT2D eigenvalue weighted by Crippen LogP contribution is 2.26. The molecule has 1 aromatic carbocycles. The van der Waals surface area contributed by atoms with Crippen LogP contribution < -0.4 is 11.5 Å². The molecule has 7 heteroatoms. The van der Waals surface area contributed by atoms with Gasteiger partial charge in [0.25, 0.3) is 0 Å². The maximum atomic E-state index is 5.82. The number of benzene rings is 1. The van der Waals surface area contributed by atoms with E-state index in [4.69, 9.17) is 11.5 Å². The molecule has 0 saturated heterocycles. The van der Waals surface area contributed by atoms with E-state index >= 15 is 0 Å². The van der Waals surface area contributed by atoms with Gasteiger partial charge < -0.3 is 11.5 Å². The molecule has 0 bridgehead atoms. The summed E-state index contributed by atoms with van der Waals surface area (Å²) in [7, 11) is 0. The molecule has 0 aliphatic rings. The van der Waals surface area contributed by atoms with Crippen LogP contribution in [-0.2, 0) is 6.54 Å². The number of nitrogens with two attached hydrogens (primary N) is 2. The summed E-state index contributed by atoms with van der Waals surface area (Å²) in [6, 6.07) is 9.95. The predicted molar refractivity (Wildman–Crippen MR) is 86.1 cm³/mol. The predicted octanol–water partition coefficient (Wildman–Crippen LogP) is 2.65. The lowest BCUT2D eigenvalue weighted by atomic mass is 10.2. The van der Waals surface area contributed by atoms with Crippen molar-refractivity contribution in [2.24, 2.45) is 5.73 Å². The van der Waals surface area contributed by atoms with Gasteiger partial charge in [-0.3, -0.25) is 4.57 Å². The van der Waals surface area contributed by atoms with Gasteiger partial charge in [-0.2, -0.15) is 4.98 Å². The summed E-state index contributed by atoms with van der Waals surface area (Å²) in [6.45, 7) is 0.427. The number of anilines is 1. The Labute approximate surface area is 130 Å². The van der Waals surface area contributed by atoms with Crippen LogP contribution >= 0.6 is 28.3 Å². The van der Waals surface area contributed by atoms with Gasteiger partial charge in [0.05, 0.1) is 5.52 Å². The largest absolute Gasteiger partial charge is 0.368 e. The van der Waals surface area contributed by atoms with Gasteiger partial charge in [-0.15, -0.1) is 12.4 Å². The minimum Gasteiger partial charge on any atom is -0.368 e. The molecule has 0 unspecified atom stereocenters. The summed E-state index contributed by atoms with van der Waals surface area (Å²) in [5.41, 5.74) is 13.5. The fourth-order valence-electron chi connectivity index (χ4n) is 2.14. The van der Waals surface area contributed by atoms with E-state index < -0.39 is 0 Å². The first-order valence-corrected chi connectivity index (χ1v) is 6.57. The van der Waals surface area contributed by atoms with Crippen molar-refractivity contribution < 1.29 is 0 Å². The van der Waals surface area contributed by atoms with Crippen LogP contribution in [0.3, 0.4) is 0 Å². The molecular weight excluding hydrogens is 342 g/mol. The average molecular weight is 355 g/mol. The number of hydrogen-bond donors (Lipinski definition) is 2. The van der Waals surface area contributed by atoms with Crippen molar-refractivity contribution in [3.8, 4) is 5.82 Å². The third kappa shape index (κ3) is 2.49. The van der Waals surface area contributed by atoms with Crippen molar-refractivity contribution >= 4 is 45.2 Å². The van der Waals surface area contributed by atoms with Crippen LogP contribution in [0.1, 0.15) is 5.69 Å². The molecule has 0 atom stereocenters. The second-order valence-electron chi connectivity index (χ2n) is 4.15. The quantitative estimate of drug-likeness (QED) is 0.741. The summed E-state index contributed by atoms with van der Waals surface area (Å²) in [5, 5.41) is 1.11. The number of aromatic nitrogens is 3. The highest BCUT2D eigenvalue weighted by Gasteiger charge is 2.11. The average Bonchev–Trinajstić information content (AvgIpc) is 2.76. The lowest BCUT2D eigenvalue weighted by molar-refractivity contribution is 0.901. The summed E-state index contributed by atoms with van der Waals surface area (Å²) < 4.78 is 3.00. The molecule has 20 heavy (non-hydrogen) atoms. The van der Waals surface area contributed by atoms with E-state index in [1.165, 1.54) is 0 Å². The molecule has 4 N–H and O–H groups in total. The molecule has 2 heterocycles. The summed E-state index contributed by atoms with van der Waals surface area (Å²) in [5.74, 6) is 0.971. The molecule has 0 radical (unpaired) electrons. The molecule has 0 aliphatic carbocycles. The molecule has 0 saturated carbocycles. The number of nitrogens with zero attached hydrogens (tertiary/aromatic N) is 3. The van der Waals surface area contributed by atoms with Crippen LogP contribution in [0.4, 0.5) is 5.95 Å². The fourth-order valence-corrected chi connectivity index (χ4v) is 2.49. The Morgan fingerprint density at radius 3 is 2.70 bits per heavy atom. The van der Waals surface area contributed by atoms with E-state index in [2.05, 4.69) is 32.0 Å².